The fourth-order valence-corrected chi connectivity index (χ4v) is 10.2. The molecule has 0 bridgehead atoms. The smallest absolute Gasteiger partial charge is 0.167 e. The molecule has 0 aromatic carbocycles. The van der Waals surface area contributed by atoms with Gasteiger partial charge in [0.2, 0.25) is 0 Å². The normalized spacial score (nSPS) is 51.8. The van der Waals surface area contributed by atoms with E-state index in [0.717, 1.165) is 62.7 Å². The first-order chi connectivity index (χ1) is 16.5. The number of hydrogen-bond acceptors (Lipinski definition) is 4. The molecule has 0 aliphatic heterocycles. The van der Waals surface area contributed by atoms with Gasteiger partial charge in [0, 0.05) is 32.5 Å². The van der Waals surface area contributed by atoms with Crippen LogP contribution in [0.3, 0.4) is 0 Å². The maximum atomic E-state index is 11.8. The second kappa shape index (κ2) is 9.10. The molecule has 0 aromatic rings. The first-order valence-corrected chi connectivity index (χ1v) is 14.6. The second-order valence-electron chi connectivity index (χ2n) is 14.1. The van der Waals surface area contributed by atoms with Crippen LogP contribution >= 0.6 is 0 Å². The zero-order valence-electron chi connectivity index (χ0n) is 23.4. The molecule has 4 heteroatoms. The molecule has 5 saturated carbocycles. The first kappa shape index (κ1) is 26.2. The van der Waals surface area contributed by atoms with E-state index < -0.39 is 5.79 Å². The summed E-state index contributed by atoms with van der Waals surface area (Å²) in [5.74, 6) is 3.93. The number of ether oxygens (including phenoxy) is 2. The largest absolute Gasteiger partial charge is 0.393 e. The lowest BCUT2D eigenvalue weighted by Crippen LogP contribution is -2.63. The SMILES string of the molecule is COC1(OC)CC[C@@]2(C)[C@@H](C[C@@H](O)[C@@H]3[C@@H]2C[C@@H](O)[C@]2(C)[C@@H](/C(C)=C/C[C@@H](C)[C@H]4C[C@H]4C)CC[C@@H]32)C1. The molecule has 5 fully saturated rings. The maximum absolute atomic E-state index is 11.8. The molecule has 0 saturated heterocycles. The van der Waals surface area contributed by atoms with Crippen LogP contribution in [-0.4, -0.2) is 42.4 Å². The van der Waals surface area contributed by atoms with Crippen molar-refractivity contribution in [3.63, 3.8) is 0 Å². The number of allylic oxidation sites excluding steroid dienone is 2. The van der Waals surface area contributed by atoms with Gasteiger partial charge >= 0.3 is 0 Å². The van der Waals surface area contributed by atoms with Crippen LogP contribution in [0.4, 0.5) is 0 Å². The van der Waals surface area contributed by atoms with E-state index in [-0.39, 0.29) is 23.0 Å². The third-order valence-electron chi connectivity index (χ3n) is 12.8. The van der Waals surface area contributed by atoms with Gasteiger partial charge < -0.3 is 19.7 Å². The number of methoxy groups -OCH3 is 2. The standard InChI is InChI=1S/C31H52O4/c1-18(22-14-20(22)3)8-9-19(2)23-10-11-24-28-25(16-27(33)30(23,24)5)29(4)12-13-31(34-6,35-7)17-21(29)15-26(28)32/h9,18,20-28,32-33H,8,10-17H2,1-7H3/b19-9+/t18-,20-,21+,22-,23-,24+,25+,26-,27-,28+,29+,30-/m1/s1. The van der Waals surface area contributed by atoms with Crippen molar-refractivity contribution in [1.82, 2.24) is 0 Å². The van der Waals surface area contributed by atoms with Gasteiger partial charge in [-0.05, 0) is 105 Å². The number of rotatable bonds is 6. The van der Waals surface area contributed by atoms with Crippen LogP contribution in [0.5, 0.6) is 0 Å². The predicted molar refractivity (Wildman–Crippen MR) is 140 cm³/mol. The Kier molecular flexibility index (Phi) is 6.81. The summed E-state index contributed by atoms with van der Waals surface area (Å²) in [5.41, 5.74) is 1.50. The van der Waals surface area contributed by atoms with Gasteiger partial charge in [-0.15, -0.1) is 0 Å². The van der Waals surface area contributed by atoms with Gasteiger partial charge in [0.1, 0.15) is 0 Å². The molecule has 0 aromatic heterocycles. The van der Waals surface area contributed by atoms with Gasteiger partial charge in [-0.1, -0.05) is 39.3 Å². The van der Waals surface area contributed by atoms with E-state index in [1.165, 1.54) is 18.4 Å². The van der Waals surface area contributed by atoms with E-state index in [4.69, 9.17) is 9.47 Å². The van der Waals surface area contributed by atoms with Crippen molar-refractivity contribution in [2.45, 2.75) is 110 Å². The molecule has 12 atom stereocenters. The molecule has 4 nitrogen and oxygen atoms in total. The van der Waals surface area contributed by atoms with Crippen LogP contribution < -0.4 is 0 Å². The molecule has 0 spiro atoms. The van der Waals surface area contributed by atoms with Crippen molar-refractivity contribution in [3.8, 4) is 0 Å². The van der Waals surface area contributed by atoms with Crippen molar-refractivity contribution in [2.75, 3.05) is 14.2 Å². The van der Waals surface area contributed by atoms with Crippen LogP contribution in [0.25, 0.3) is 0 Å². The van der Waals surface area contributed by atoms with Crippen molar-refractivity contribution >= 4 is 0 Å². The number of hydrogen-bond donors (Lipinski definition) is 2. The molecule has 200 valence electrons. The summed E-state index contributed by atoms with van der Waals surface area (Å²) in [6, 6.07) is 0. The molecule has 5 rings (SSSR count). The third-order valence-corrected chi connectivity index (χ3v) is 12.8. The molecular weight excluding hydrogens is 436 g/mol. The van der Waals surface area contributed by atoms with Gasteiger partial charge in [-0.2, -0.15) is 0 Å². The maximum Gasteiger partial charge on any atom is 0.167 e. The Balaban J connectivity index is 1.37. The minimum Gasteiger partial charge on any atom is -0.393 e. The van der Waals surface area contributed by atoms with E-state index >= 15 is 0 Å². The summed E-state index contributed by atoms with van der Waals surface area (Å²) in [7, 11) is 3.51. The van der Waals surface area contributed by atoms with E-state index in [1.54, 1.807) is 14.2 Å². The van der Waals surface area contributed by atoms with Crippen molar-refractivity contribution in [2.24, 2.45) is 58.2 Å². The molecule has 0 radical (unpaired) electrons. The Hall–Kier alpha value is -0.420. The Morgan fingerprint density at radius 3 is 2.34 bits per heavy atom. The first-order valence-electron chi connectivity index (χ1n) is 14.6. The van der Waals surface area contributed by atoms with Crippen LogP contribution in [0.1, 0.15) is 92.4 Å². The lowest BCUT2D eigenvalue weighted by molar-refractivity contribution is -0.274. The summed E-state index contributed by atoms with van der Waals surface area (Å²) in [6.07, 6.45) is 11.2. The quantitative estimate of drug-likeness (QED) is 0.345. The summed E-state index contributed by atoms with van der Waals surface area (Å²) < 4.78 is 11.7. The van der Waals surface area contributed by atoms with Crippen molar-refractivity contribution in [1.29, 1.82) is 0 Å². The highest BCUT2D eigenvalue weighted by molar-refractivity contribution is 5.20. The Morgan fingerprint density at radius 1 is 1.03 bits per heavy atom. The minimum absolute atomic E-state index is 0.125. The fourth-order valence-electron chi connectivity index (χ4n) is 10.2. The molecule has 35 heavy (non-hydrogen) atoms. The zero-order chi connectivity index (χ0) is 25.3. The molecule has 2 N–H and O–H groups in total. The van der Waals surface area contributed by atoms with Gasteiger partial charge in [0.25, 0.3) is 0 Å². The third kappa shape index (κ3) is 3.99. The van der Waals surface area contributed by atoms with Crippen LogP contribution in [0.15, 0.2) is 11.6 Å². The van der Waals surface area contributed by atoms with Gasteiger partial charge in [-0.25, -0.2) is 0 Å². The van der Waals surface area contributed by atoms with Crippen LogP contribution in [0.2, 0.25) is 0 Å². The Morgan fingerprint density at radius 2 is 1.71 bits per heavy atom. The highest BCUT2D eigenvalue weighted by Crippen LogP contribution is 2.69. The molecule has 0 heterocycles. The van der Waals surface area contributed by atoms with E-state index in [9.17, 15) is 10.2 Å². The lowest BCUT2D eigenvalue weighted by atomic mass is 9.43. The van der Waals surface area contributed by atoms with Crippen LogP contribution in [0, 0.1) is 58.2 Å². The predicted octanol–water partition coefficient (Wildman–Crippen LogP) is 6.20. The monoisotopic (exact) mass is 488 g/mol. The topological polar surface area (TPSA) is 58.9 Å². The van der Waals surface area contributed by atoms with E-state index in [0.29, 0.717) is 29.6 Å². The van der Waals surface area contributed by atoms with Gasteiger partial charge in [0.15, 0.2) is 5.79 Å². The van der Waals surface area contributed by atoms with Crippen molar-refractivity contribution in [3.05, 3.63) is 11.6 Å². The average Bonchev–Trinajstić information content (AvgIpc) is 3.46. The number of aliphatic hydroxyl groups excluding tert-OH is 2. The Labute approximate surface area is 214 Å². The molecule has 0 unspecified atom stereocenters. The van der Waals surface area contributed by atoms with E-state index in [1.807, 2.05) is 0 Å². The second-order valence-corrected chi connectivity index (χ2v) is 14.1. The lowest BCUT2D eigenvalue weighted by Gasteiger charge is -2.64. The zero-order valence-corrected chi connectivity index (χ0v) is 23.4. The number of fused-ring (bicyclic) bond motifs is 5. The Bertz CT molecular complexity index is 819. The molecule has 0 amide bonds. The summed E-state index contributed by atoms with van der Waals surface area (Å²) in [4.78, 5) is 0. The fraction of sp³-hybridized carbons (Fsp3) is 0.935. The van der Waals surface area contributed by atoms with Crippen molar-refractivity contribution < 1.29 is 19.7 Å². The van der Waals surface area contributed by atoms with Gasteiger partial charge in [-0.3, -0.25) is 0 Å². The number of aliphatic hydroxyl groups is 2. The summed E-state index contributed by atoms with van der Waals surface area (Å²) in [6.45, 7) is 11.9. The van der Waals surface area contributed by atoms with Gasteiger partial charge in [0.05, 0.1) is 12.2 Å². The molecule has 5 aliphatic carbocycles. The average molecular weight is 489 g/mol. The summed E-state index contributed by atoms with van der Waals surface area (Å²) >= 11 is 0. The van der Waals surface area contributed by atoms with Crippen LogP contribution in [-0.2, 0) is 9.47 Å². The molecular formula is C31H52O4. The molecule has 5 aliphatic rings. The summed E-state index contributed by atoms with van der Waals surface area (Å²) in [5, 5.41) is 23.5. The highest BCUT2D eigenvalue weighted by Gasteiger charge is 2.66. The van der Waals surface area contributed by atoms with E-state index in [2.05, 4.69) is 40.7 Å². The minimum atomic E-state index is -0.520. The highest BCUT2D eigenvalue weighted by atomic mass is 16.7.